The highest BCUT2D eigenvalue weighted by Crippen LogP contribution is 2.20. The first kappa shape index (κ1) is 8.39. The molecule has 1 rings (SSSR count). The second kappa shape index (κ2) is 3.61. The summed E-state index contributed by atoms with van der Waals surface area (Å²) in [5.41, 5.74) is 5.35. The van der Waals surface area contributed by atoms with Crippen molar-refractivity contribution in [3.63, 3.8) is 0 Å². The van der Waals surface area contributed by atoms with E-state index in [9.17, 15) is 0 Å². The van der Waals surface area contributed by atoms with Crippen LogP contribution in [-0.2, 0) is 0 Å². The molecule has 3 N–H and O–H groups in total. The largest absolute Gasteiger partial charge is 0.368 e. The van der Waals surface area contributed by atoms with Gasteiger partial charge in [-0.05, 0) is 6.42 Å². The third-order valence-corrected chi connectivity index (χ3v) is 2.49. The highest BCUT2D eigenvalue weighted by Gasteiger charge is 2.05. The lowest BCUT2D eigenvalue weighted by atomic mass is 10.4. The van der Waals surface area contributed by atoms with Gasteiger partial charge >= 0.3 is 0 Å². The molecule has 0 saturated carbocycles. The molecule has 1 aromatic rings. The predicted molar refractivity (Wildman–Crippen MR) is 46.4 cm³/mol. The van der Waals surface area contributed by atoms with Crippen LogP contribution in [0.25, 0.3) is 0 Å². The summed E-state index contributed by atoms with van der Waals surface area (Å²) in [6, 6.07) is 0. The molecule has 0 bridgehead atoms. The van der Waals surface area contributed by atoms with Gasteiger partial charge in [0, 0.05) is 5.25 Å². The number of nitrogens with two attached hydrogens (primary N) is 1. The third kappa shape index (κ3) is 2.42. The van der Waals surface area contributed by atoms with Crippen molar-refractivity contribution in [1.29, 1.82) is 0 Å². The highest BCUT2D eigenvalue weighted by molar-refractivity contribution is 7.99. The third-order valence-electron chi connectivity index (χ3n) is 1.36. The van der Waals surface area contributed by atoms with Crippen LogP contribution in [0.4, 0.5) is 5.95 Å². The summed E-state index contributed by atoms with van der Waals surface area (Å²) in [5.74, 6) is 0.385. The SMILES string of the molecule is CCC(C)Sc1n[nH]c(N)n1. The first-order valence-corrected chi connectivity index (χ1v) is 4.45. The quantitative estimate of drug-likeness (QED) is 0.674. The summed E-state index contributed by atoms with van der Waals surface area (Å²) in [6.07, 6.45) is 1.11. The summed E-state index contributed by atoms with van der Waals surface area (Å²) in [5, 5.41) is 7.78. The van der Waals surface area contributed by atoms with Crippen molar-refractivity contribution >= 4 is 17.7 Å². The van der Waals surface area contributed by atoms with Gasteiger partial charge in [0.25, 0.3) is 0 Å². The predicted octanol–water partition coefficient (Wildman–Crippen LogP) is 1.28. The number of aromatic nitrogens is 3. The molecular formula is C6H12N4S. The van der Waals surface area contributed by atoms with Gasteiger partial charge in [-0.3, -0.25) is 0 Å². The normalized spacial score (nSPS) is 13.3. The number of rotatable bonds is 3. The fourth-order valence-corrected chi connectivity index (χ4v) is 1.35. The summed E-state index contributed by atoms with van der Waals surface area (Å²) in [4.78, 5) is 3.97. The van der Waals surface area contributed by atoms with Gasteiger partial charge in [0.05, 0.1) is 0 Å². The number of H-pyrrole nitrogens is 1. The van der Waals surface area contributed by atoms with Crippen LogP contribution in [-0.4, -0.2) is 20.4 Å². The Morgan fingerprint density at radius 1 is 1.73 bits per heavy atom. The molecule has 1 unspecified atom stereocenters. The molecule has 0 radical (unpaired) electrons. The second-order valence-corrected chi connectivity index (χ2v) is 3.75. The first-order chi connectivity index (χ1) is 5.22. The molecule has 0 aliphatic carbocycles. The Hall–Kier alpha value is -0.710. The summed E-state index contributed by atoms with van der Waals surface area (Å²) in [6.45, 7) is 4.27. The van der Waals surface area contributed by atoms with E-state index in [2.05, 4.69) is 29.0 Å². The van der Waals surface area contributed by atoms with E-state index in [-0.39, 0.29) is 0 Å². The van der Waals surface area contributed by atoms with Crippen LogP contribution in [0.5, 0.6) is 0 Å². The number of hydrogen-bond acceptors (Lipinski definition) is 4. The molecular weight excluding hydrogens is 160 g/mol. The Balaban J connectivity index is 2.50. The van der Waals surface area contributed by atoms with E-state index in [4.69, 9.17) is 5.73 Å². The van der Waals surface area contributed by atoms with Gasteiger partial charge in [0.2, 0.25) is 11.1 Å². The Morgan fingerprint density at radius 2 is 2.45 bits per heavy atom. The van der Waals surface area contributed by atoms with Gasteiger partial charge < -0.3 is 5.73 Å². The Morgan fingerprint density at radius 3 is 2.91 bits per heavy atom. The van der Waals surface area contributed by atoms with Crippen molar-refractivity contribution in [2.75, 3.05) is 5.73 Å². The van der Waals surface area contributed by atoms with Crippen molar-refractivity contribution < 1.29 is 0 Å². The lowest BCUT2D eigenvalue weighted by molar-refractivity contribution is 0.888. The van der Waals surface area contributed by atoms with E-state index in [1.54, 1.807) is 11.8 Å². The van der Waals surface area contributed by atoms with Gasteiger partial charge in [-0.2, -0.15) is 4.98 Å². The number of thioether (sulfide) groups is 1. The molecule has 0 amide bonds. The Kier molecular flexibility index (Phi) is 2.76. The lowest BCUT2D eigenvalue weighted by Crippen LogP contribution is -1.92. The first-order valence-electron chi connectivity index (χ1n) is 3.57. The molecule has 0 aliphatic rings. The highest BCUT2D eigenvalue weighted by atomic mass is 32.2. The van der Waals surface area contributed by atoms with Gasteiger partial charge in [0.15, 0.2) is 0 Å². The number of hydrogen-bond donors (Lipinski definition) is 2. The van der Waals surface area contributed by atoms with Crippen LogP contribution in [0.3, 0.4) is 0 Å². The minimum atomic E-state index is 0.385. The molecule has 5 heteroatoms. The number of nitrogen functional groups attached to an aromatic ring is 1. The van der Waals surface area contributed by atoms with Gasteiger partial charge in [-0.25, -0.2) is 5.10 Å². The molecule has 1 heterocycles. The number of anilines is 1. The average Bonchev–Trinajstić information content (AvgIpc) is 2.35. The maximum Gasteiger partial charge on any atom is 0.216 e. The minimum Gasteiger partial charge on any atom is -0.368 e. The van der Waals surface area contributed by atoms with Crippen LogP contribution in [0.1, 0.15) is 20.3 Å². The maximum absolute atomic E-state index is 5.35. The summed E-state index contributed by atoms with van der Waals surface area (Å²) < 4.78 is 0. The molecule has 11 heavy (non-hydrogen) atoms. The van der Waals surface area contributed by atoms with E-state index in [1.807, 2.05) is 0 Å². The molecule has 0 aliphatic heterocycles. The molecule has 0 aromatic carbocycles. The van der Waals surface area contributed by atoms with E-state index < -0.39 is 0 Å². The molecule has 62 valence electrons. The zero-order valence-corrected chi connectivity index (χ0v) is 7.48. The smallest absolute Gasteiger partial charge is 0.216 e. The van der Waals surface area contributed by atoms with Gasteiger partial charge in [0.1, 0.15) is 0 Å². The van der Waals surface area contributed by atoms with E-state index in [0.717, 1.165) is 11.6 Å². The lowest BCUT2D eigenvalue weighted by Gasteiger charge is -2.01. The Labute approximate surface area is 70.0 Å². The van der Waals surface area contributed by atoms with Crippen molar-refractivity contribution in [3.05, 3.63) is 0 Å². The maximum atomic E-state index is 5.35. The van der Waals surface area contributed by atoms with Crippen molar-refractivity contribution in [2.24, 2.45) is 0 Å². The average molecular weight is 172 g/mol. The van der Waals surface area contributed by atoms with Crippen LogP contribution in [0.15, 0.2) is 5.16 Å². The van der Waals surface area contributed by atoms with Crippen LogP contribution >= 0.6 is 11.8 Å². The number of aromatic amines is 1. The molecule has 0 fully saturated rings. The van der Waals surface area contributed by atoms with Crippen molar-refractivity contribution in [3.8, 4) is 0 Å². The minimum absolute atomic E-state index is 0.385. The van der Waals surface area contributed by atoms with Gasteiger partial charge in [-0.1, -0.05) is 25.6 Å². The molecule has 0 spiro atoms. The van der Waals surface area contributed by atoms with E-state index in [0.29, 0.717) is 11.2 Å². The van der Waals surface area contributed by atoms with E-state index >= 15 is 0 Å². The van der Waals surface area contributed by atoms with Crippen molar-refractivity contribution in [2.45, 2.75) is 30.7 Å². The topological polar surface area (TPSA) is 67.6 Å². The molecule has 1 aromatic heterocycles. The number of nitrogens with zero attached hydrogens (tertiary/aromatic N) is 2. The zero-order valence-electron chi connectivity index (χ0n) is 6.66. The molecule has 1 atom stereocenters. The van der Waals surface area contributed by atoms with Gasteiger partial charge in [-0.15, -0.1) is 5.10 Å². The van der Waals surface area contributed by atoms with Crippen LogP contribution < -0.4 is 5.73 Å². The summed E-state index contributed by atoms with van der Waals surface area (Å²) in [7, 11) is 0. The monoisotopic (exact) mass is 172 g/mol. The van der Waals surface area contributed by atoms with Crippen LogP contribution in [0, 0.1) is 0 Å². The fraction of sp³-hybridized carbons (Fsp3) is 0.667. The zero-order chi connectivity index (χ0) is 8.27. The standard InChI is InChI=1S/C6H12N4S/c1-3-4(2)11-6-8-5(7)9-10-6/h4H,3H2,1-2H3,(H3,7,8,9,10). The molecule has 0 saturated heterocycles. The number of nitrogens with one attached hydrogen (secondary N) is 1. The second-order valence-electron chi connectivity index (χ2n) is 2.34. The van der Waals surface area contributed by atoms with E-state index in [1.165, 1.54) is 0 Å². The van der Waals surface area contributed by atoms with Crippen molar-refractivity contribution in [1.82, 2.24) is 15.2 Å². The fourth-order valence-electron chi connectivity index (χ4n) is 0.574. The summed E-state index contributed by atoms with van der Waals surface area (Å²) >= 11 is 1.63. The van der Waals surface area contributed by atoms with Crippen LogP contribution in [0.2, 0.25) is 0 Å². The molecule has 4 nitrogen and oxygen atoms in total. The Bertz CT molecular complexity index is 222.